The fourth-order valence-electron chi connectivity index (χ4n) is 2.18. The van der Waals surface area contributed by atoms with Crippen molar-refractivity contribution >= 4 is 5.69 Å². The summed E-state index contributed by atoms with van der Waals surface area (Å²) in [6.45, 7) is 5.11. The molecule has 0 saturated carbocycles. The van der Waals surface area contributed by atoms with E-state index in [-0.39, 0.29) is 0 Å². The predicted octanol–water partition coefficient (Wildman–Crippen LogP) is 3.44. The zero-order valence-electron chi connectivity index (χ0n) is 11.5. The second-order valence-corrected chi connectivity index (χ2v) is 4.62. The first-order valence-corrected chi connectivity index (χ1v) is 6.74. The minimum absolute atomic E-state index is 0.424. The topological polar surface area (TPSA) is 55.2 Å². The molecule has 0 aliphatic heterocycles. The molecule has 0 amide bonds. The average Bonchev–Trinajstić information content (AvgIpc) is 2.36. The molecule has 0 aliphatic carbocycles. The highest BCUT2D eigenvalue weighted by Crippen LogP contribution is 2.19. The number of nitro groups is 1. The quantitative estimate of drug-likeness (QED) is 0.580. The molecule has 1 aromatic carbocycles. The maximum Gasteiger partial charge on any atom is 0.304 e. The van der Waals surface area contributed by atoms with Gasteiger partial charge in [-0.15, -0.1) is 0 Å². The lowest BCUT2D eigenvalue weighted by molar-refractivity contribution is -0.387. The number of hydrogen-bond acceptors (Lipinski definition) is 3. The Morgan fingerprint density at radius 3 is 2.63 bits per heavy atom. The van der Waals surface area contributed by atoms with E-state index in [4.69, 9.17) is 0 Å². The van der Waals surface area contributed by atoms with Crippen molar-refractivity contribution in [1.29, 1.82) is 0 Å². The number of aryl methyl sites for hydroxylation is 1. The Morgan fingerprint density at radius 1 is 1.37 bits per heavy atom. The lowest BCUT2D eigenvalue weighted by Crippen LogP contribution is -2.29. The Morgan fingerprint density at radius 2 is 2.11 bits per heavy atom. The number of nitrogens with one attached hydrogen (secondary N) is 1. The van der Waals surface area contributed by atoms with Gasteiger partial charge in [0.05, 0.1) is 4.92 Å². The molecule has 0 heterocycles. The highest BCUT2D eigenvalue weighted by atomic mass is 19.1. The van der Waals surface area contributed by atoms with Gasteiger partial charge in [0.25, 0.3) is 0 Å². The maximum atomic E-state index is 13.5. The molecule has 1 atom stereocenters. The van der Waals surface area contributed by atoms with Crippen LogP contribution in [-0.4, -0.2) is 17.5 Å². The summed E-state index contributed by atoms with van der Waals surface area (Å²) < 4.78 is 13.5. The van der Waals surface area contributed by atoms with Crippen molar-refractivity contribution in [3.63, 3.8) is 0 Å². The number of benzene rings is 1. The number of hydrogen-bond donors (Lipinski definition) is 1. The Kier molecular flexibility index (Phi) is 6.42. The molecule has 1 unspecified atom stereocenters. The van der Waals surface area contributed by atoms with E-state index in [2.05, 4.69) is 19.2 Å². The minimum Gasteiger partial charge on any atom is -0.314 e. The van der Waals surface area contributed by atoms with E-state index in [1.165, 1.54) is 12.1 Å². The average molecular weight is 268 g/mol. The lowest BCUT2D eigenvalue weighted by atomic mass is 10.0. The third-order valence-electron chi connectivity index (χ3n) is 3.12. The van der Waals surface area contributed by atoms with E-state index >= 15 is 0 Å². The van der Waals surface area contributed by atoms with Crippen LogP contribution in [0, 0.1) is 15.9 Å². The summed E-state index contributed by atoms with van der Waals surface area (Å²) in [7, 11) is 0. The summed E-state index contributed by atoms with van der Waals surface area (Å²) in [6.07, 6.45) is 3.83. The molecule has 19 heavy (non-hydrogen) atoms. The van der Waals surface area contributed by atoms with E-state index in [1.54, 1.807) is 6.07 Å². The van der Waals surface area contributed by atoms with Crippen LogP contribution in [0.4, 0.5) is 10.1 Å². The van der Waals surface area contributed by atoms with Gasteiger partial charge in [0.1, 0.15) is 0 Å². The van der Waals surface area contributed by atoms with Gasteiger partial charge >= 0.3 is 5.69 Å². The van der Waals surface area contributed by atoms with Crippen molar-refractivity contribution in [3.8, 4) is 0 Å². The van der Waals surface area contributed by atoms with Crippen molar-refractivity contribution in [3.05, 3.63) is 39.7 Å². The van der Waals surface area contributed by atoms with Crippen molar-refractivity contribution in [2.75, 3.05) is 6.54 Å². The molecule has 0 aliphatic rings. The van der Waals surface area contributed by atoms with Crippen LogP contribution >= 0.6 is 0 Å². The van der Waals surface area contributed by atoms with Gasteiger partial charge in [-0.1, -0.05) is 26.3 Å². The summed E-state index contributed by atoms with van der Waals surface area (Å²) in [5, 5.41) is 13.9. The molecule has 5 heteroatoms. The van der Waals surface area contributed by atoms with Crippen molar-refractivity contribution in [2.24, 2.45) is 0 Å². The zero-order chi connectivity index (χ0) is 14.3. The van der Waals surface area contributed by atoms with Gasteiger partial charge in [-0.25, -0.2) is 0 Å². The fourth-order valence-corrected chi connectivity index (χ4v) is 2.18. The van der Waals surface area contributed by atoms with Crippen molar-refractivity contribution in [2.45, 2.75) is 45.6 Å². The van der Waals surface area contributed by atoms with Gasteiger partial charge in [0, 0.05) is 12.1 Å². The SMILES string of the molecule is CCCC(CCc1ccc([N+](=O)[O-])c(F)c1)NCC. The standard InChI is InChI=1S/C14H21FN2O2/c1-3-5-12(16-4-2)8-6-11-7-9-14(17(18)19)13(15)10-11/h7,9-10,12,16H,3-6,8H2,1-2H3. The van der Waals surface area contributed by atoms with E-state index in [1.807, 2.05) is 0 Å². The third-order valence-corrected chi connectivity index (χ3v) is 3.12. The maximum absolute atomic E-state index is 13.5. The summed E-state index contributed by atoms with van der Waals surface area (Å²) in [6, 6.07) is 4.57. The summed E-state index contributed by atoms with van der Waals surface area (Å²) in [5.41, 5.74) is 0.350. The second kappa shape index (κ2) is 7.84. The minimum atomic E-state index is -0.752. The van der Waals surface area contributed by atoms with Crippen LogP contribution in [0.2, 0.25) is 0 Å². The Labute approximate surface area is 113 Å². The monoisotopic (exact) mass is 268 g/mol. The molecule has 106 valence electrons. The number of nitro benzene ring substituents is 1. The van der Waals surface area contributed by atoms with Crippen LogP contribution in [0.1, 0.15) is 38.7 Å². The fraction of sp³-hybridized carbons (Fsp3) is 0.571. The van der Waals surface area contributed by atoms with Gasteiger partial charge in [-0.2, -0.15) is 4.39 Å². The molecular formula is C14H21FN2O2. The highest BCUT2D eigenvalue weighted by Gasteiger charge is 2.14. The van der Waals surface area contributed by atoms with Crippen LogP contribution < -0.4 is 5.32 Å². The summed E-state index contributed by atoms with van der Waals surface area (Å²) in [4.78, 5) is 9.83. The summed E-state index contributed by atoms with van der Waals surface area (Å²) >= 11 is 0. The molecule has 0 bridgehead atoms. The van der Waals surface area contributed by atoms with Crippen LogP contribution in [0.15, 0.2) is 18.2 Å². The molecule has 0 aromatic heterocycles. The molecule has 0 fully saturated rings. The molecular weight excluding hydrogens is 247 g/mol. The van der Waals surface area contributed by atoms with Crippen LogP contribution in [0.25, 0.3) is 0 Å². The van der Waals surface area contributed by atoms with Crippen LogP contribution in [-0.2, 0) is 6.42 Å². The van der Waals surface area contributed by atoms with Gasteiger partial charge in [0.15, 0.2) is 0 Å². The first kappa shape index (κ1) is 15.6. The number of nitrogens with zero attached hydrogens (tertiary/aromatic N) is 1. The lowest BCUT2D eigenvalue weighted by Gasteiger charge is -2.16. The predicted molar refractivity (Wildman–Crippen MR) is 73.7 cm³/mol. The number of halogens is 1. The van der Waals surface area contributed by atoms with Gasteiger partial charge in [-0.3, -0.25) is 10.1 Å². The molecule has 0 saturated heterocycles. The van der Waals surface area contributed by atoms with Gasteiger partial charge in [0.2, 0.25) is 5.82 Å². The Hall–Kier alpha value is -1.49. The van der Waals surface area contributed by atoms with Gasteiger partial charge < -0.3 is 5.32 Å². The van der Waals surface area contributed by atoms with Crippen LogP contribution in [0.3, 0.4) is 0 Å². The smallest absolute Gasteiger partial charge is 0.304 e. The van der Waals surface area contributed by atoms with Crippen molar-refractivity contribution in [1.82, 2.24) is 5.32 Å². The zero-order valence-corrected chi connectivity index (χ0v) is 11.5. The Bertz CT molecular complexity index is 418. The third kappa shape index (κ3) is 4.95. The first-order chi connectivity index (χ1) is 9.08. The molecule has 0 radical (unpaired) electrons. The molecule has 1 rings (SSSR count). The molecule has 1 N–H and O–H groups in total. The first-order valence-electron chi connectivity index (χ1n) is 6.74. The molecule has 1 aromatic rings. The molecule has 0 spiro atoms. The number of rotatable bonds is 8. The Balaban J connectivity index is 2.62. The highest BCUT2D eigenvalue weighted by molar-refractivity contribution is 5.35. The normalized spacial score (nSPS) is 12.4. The second-order valence-electron chi connectivity index (χ2n) is 4.62. The largest absolute Gasteiger partial charge is 0.314 e. The van der Waals surface area contributed by atoms with Crippen LogP contribution in [0.5, 0.6) is 0 Å². The van der Waals surface area contributed by atoms with Crippen molar-refractivity contribution < 1.29 is 9.31 Å². The molecule has 4 nitrogen and oxygen atoms in total. The van der Waals surface area contributed by atoms with Gasteiger partial charge in [-0.05, 0) is 37.4 Å². The summed E-state index contributed by atoms with van der Waals surface area (Å²) in [5.74, 6) is -0.752. The van der Waals surface area contributed by atoms with E-state index in [9.17, 15) is 14.5 Å². The van der Waals surface area contributed by atoms with E-state index in [0.717, 1.165) is 37.8 Å². The van der Waals surface area contributed by atoms with E-state index in [0.29, 0.717) is 6.04 Å². The van der Waals surface area contributed by atoms with E-state index < -0.39 is 16.4 Å².